The van der Waals surface area contributed by atoms with Gasteiger partial charge in [0.1, 0.15) is 10.6 Å². The Morgan fingerprint density at radius 3 is 2.28 bits per heavy atom. The van der Waals surface area contributed by atoms with E-state index in [1.165, 1.54) is 31.4 Å². The van der Waals surface area contributed by atoms with Gasteiger partial charge in [0.05, 0.1) is 18.2 Å². The third kappa shape index (κ3) is 2.96. The van der Waals surface area contributed by atoms with Gasteiger partial charge < -0.3 is 4.74 Å². The summed E-state index contributed by atoms with van der Waals surface area (Å²) < 4.78 is 33.1. The number of methoxy groups -OCH3 is 1. The molecule has 130 valence electrons. The Bertz CT molecular complexity index is 1010. The van der Waals surface area contributed by atoms with Gasteiger partial charge in [-0.05, 0) is 55.3 Å². The smallest absolute Gasteiger partial charge is 0.265 e. The van der Waals surface area contributed by atoms with Crippen LogP contribution in [0.1, 0.15) is 31.8 Å². The molecule has 0 saturated heterocycles. The minimum Gasteiger partial charge on any atom is -0.495 e. The second-order valence-corrected chi connectivity index (χ2v) is 7.39. The number of carbonyl (C=O) groups excluding carboxylic acids is 2. The average molecular weight is 360 g/mol. The first-order chi connectivity index (χ1) is 11.7. The maximum absolute atomic E-state index is 12.7. The fourth-order valence-corrected chi connectivity index (χ4v) is 3.86. The van der Waals surface area contributed by atoms with Gasteiger partial charge in [0, 0.05) is 5.69 Å². The zero-order valence-electron chi connectivity index (χ0n) is 13.8. The number of nitrogens with one attached hydrogen (secondary N) is 2. The van der Waals surface area contributed by atoms with Crippen LogP contribution in [0.15, 0.2) is 35.2 Å². The summed E-state index contributed by atoms with van der Waals surface area (Å²) in [6.45, 7) is 3.66. The molecule has 2 aromatic rings. The standard InChI is InChI=1S/C17H16N2O5S/c1-9-6-14(24-3)15(7-10(9)2)25(22,23)19-11-4-5-12-13(8-11)17(21)18-16(12)20/h4-8,19H,1-3H3,(H,18,20,21). The van der Waals surface area contributed by atoms with E-state index in [-0.39, 0.29) is 27.5 Å². The van der Waals surface area contributed by atoms with Crippen molar-refractivity contribution in [3.05, 3.63) is 52.6 Å². The number of amides is 2. The molecule has 1 heterocycles. The van der Waals surface area contributed by atoms with Gasteiger partial charge in [0.25, 0.3) is 21.8 Å². The summed E-state index contributed by atoms with van der Waals surface area (Å²) in [6, 6.07) is 7.35. The highest BCUT2D eigenvalue weighted by Gasteiger charge is 2.28. The van der Waals surface area contributed by atoms with Crippen molar-refractivity contribution in [3.8, 4) is 5.75 Å². The molecule has 2 aromatic carbocycles. The lowest BCUT2D eigenvalue weighted by atomic mass is 10.1. The highest BCUT2D eigenvalue weighted by molar-refractivity contribution is 7.92. The Balaban J connectivity index is 2.01. The Morgan fingerprint density at radius 2 is 1.60 bits per heavy atom. The van der Waals surface area contributed by atoms with E-state index in [0.29, 0.717) is 0 Å². The van der Waals surface area contributed by atoms with Gasteiger partial charge >= 0.3 is 0 Å². The van der Waals surface area contributed by atoms with Crippen LogP contribution in [0.2, 0.25) is 0 Å². The molecule has 3 rings (SSSR count). The molecule has 8 heteroatoms. The molecule has 0 aromatic heterocycles. The molecule has 25 heavy (non-hydrogen) atoms. The third-order valence-electron chi connectivity index (χ3n) is 4.06. The summed E-state index contributed by atoms with van der Waals surface area (Å²) in [6.07, 6.45) is 0. The summed E-state index contributed by atoms with van der Waals surface area (Å²) in [4.78, 5) is 23.3. The van der Waals surface area contributed by atoms with E-state index in [0.717, 1.165) is 11.1 Å². The SMILES string of the molecule is COc1cc(C)c(C)cc1S(=O)(=O)Nc1ccc2c(c1)C(=O)NC2=O. The molecule has 2 amide bonds. The average Bonchev–Trinajstić information content (AvgIpc) is 2.83. The molecule has 0 bridgehead atoms. The number of imide groups is 1. The zero-order chi connectivity index (χ0) is 18.4. The molecule has 0 atom stereocenters. The summed E-state index contributed by atoms with van der Waals surface area (Å²) >= 11 is 0. The fraction of sp³-hybridized carbons (Fsp3) is 0.176. The van der Waals surface area contributed by atoms with E-state index in [4.69, 9.17) is 4.74 Å². The predicted molar refractivity (Wildman–Crippen MR) is 91.5 cm³/mol. The number of aryl methyl sites for hydroxylation is 2. The summed E-state index contributed by atoms with van der Waals surface area (Å²) in [5, 5.41) is 2.16. The molecule has 0 saturated carbocycles. The van der Waals surface area contributed by atoms with E-state index < -0.39 is 21.8 Å². The van der Waals surface area contributed by atoms with Gasteiger partial charge in [-0.25, -0.2) is 8.42 Å². The largest absolute Gasteiger partial charge is 0.495 e. The van der Waals surface area contributed by atoms with Crippen LogP contribution in [0.5, 0.6) is 5.75 Å². The minimum absolute atomic E-state index is 0.000809. The topological polar surface area (TPSA) is 102 Å². The van der Waals surface area contributed by atoms with Gasteiger partial charge in [-0.2, -0.15) is 0 Å². The first-order valence-electron chi connectivity index (χ1n) is 7.40. The number of ether oxygens (including phenoxy) is 1. The van der Waals surface area contributed by atoms with E-state index in [9.17, 15) is 18.0 Å². The highest BCUT2D eigenvalue weighted by Crippen LogP contribution is 2.29. The van der Waals surface area contributed by atoms with Crippen molar-refractivity contribution < 1.29 is 22.7 Å². The number of hydrogen-bond acceptors (Lipinski definition) is 5. The Kier molecular flexibility index (Phi) is 4.00. The Morgan fingerprint density at radius 1 is 0.960 bits per heavy atom. The number of benzene rings is 2. The second-order valence-electron chi connectivity index (χ2n) is 5.74. The van der Waals surface area contributed by atoms with Crippen molar-refractivity contribution in [2.45, 2.75) is 18.7 Å². The number of anilines is 1. The third-order valence-corrected chi connectivity index (χ3v) is 5.46. The lowest BCUT2D eigenvalue weighted by molar-refractivity contribution is 0.0879. The van der Waals surface area contributed by atoms with E-state index in [1.807, 2.05) is 6.92 Å². The Labute approximate surface area is 145 Å². The maximum atomic E-state index is 12.7. The highest BCUT2D eigenvalue weighted by atomic mass is 32.2. The molecule has 0 radical (unpaired) electrons. The Hall–Kier alpha value is -2.87. The monoisotopic (exact) mass is 360 g/mol. The molecule has 1 aliphatic heterocycles. The van der Waals surface area contributed by atoms with Crippen molar-refractivity contribution in [2.24, 2.45) is 0 Å². The number of rotatable bonds is 4. The van der Waals surface area contributed by atoms with E-state index >= 15 is 0 Å². The van der Waals surface area contributed by atoms with Crippen LogP contribution in [-0.4, -0.2) is 27.3 Å². The lowest BCUT2D eigenvalue weighted by Crippen LogP contribution is -2.19. The molecule has 0 fully saturated rings. The second kappa shape index (κ2) is 5.89. The van der Waals surface area contributed by atoms with Crippen LogP contribution in [0, 0.1) is 13.8 Å². The molecule has 1 aliphatic rings. The molecule has 0 unspecified atom stereocenters. The van der Waals surface area contributed by atoms with Crippen molar-refractivity contribution >= 4 is 27.5 Å². The minimum atomic E-state index is -3.94. The van der Waals surface area contributed by atoms with Crippen LogP contribution < -0.4 is 14.8 Å². The number of carbonyl (C=O) groups is 2. The lowest BCUT2D eigenvalue weighted by Gasteiger charge is -2.14. The quantitative estimate of drug-likeness (QED) is 0.812. The molecule has 2 N–H and O–H groups in total. The molecular weight excluding hydrogens is 344 g/mol. The van der Waals surface area contributed by atoms with Gasteiger partial charge in [0.2, 0.25) is 0 Å². The summed E-state index contributed by atoms with van der Waals surface area (Å²) in [7, 11) is -2.54. The first-order valence-corrected chi connectivity index (χ1v) is 8.89. The summed E-state index contributed by atoms with van der Waals surface area (Å²) in [5.74, 6) is -0.820. The predicted octanol–water partition coefficient (Wildman–Crippen LogP) is 2.00. The van der Waals surface area contributed by atoms with Gasteiger partial charge in [-0.1, -0.05) is 0 Å². The van der Waals surface area contributed by atoms with Crippen LogP contribution in [0.25, 0.3) is 0 Å². The van der Waals surface area contributed by atoms with Gasteiger partial charge in [-0.3, -0.25) is 19.6 Å². The molecule has 7 nitrogen and oxygen atoms in total. The van der Waals surface area contributed by atoms with Crippen molar-refractivity contribution in [1.29, 1.82) is 0 Å². The van der Waals surface area contributed by atoms with Gasteiger partial charge in [0.15, 0.2) is 0 Å². The number of fused-ring (bicyclic) bond motifs is 1. The van der Waals surface area contributed by atoms with Gasteiger partial charge in [-0.15, -0.1) is 0 Å². The number of hydrogen-bond donors (Lipinski definition) is 2. The molecule has 0 spiro atoms. The van der Waals surface area contributed by atoms with Crippen molar-refractivity contribution in [1.82, 2.24) is 5.32 Å². The van der Waals surface area contributed by atoms with Crippen LogP contribution in [0.3, 0.4) is 0 Å². The van der Waals surface area contributed by atoms with Crippen LogP contribution >= 0.6 is 0 Å². The van der Waals surface area contributed by atoms with Crippen molar-refractivity contribution in [2.75, 3.05) is 11.8 Å². The molecular formula is C17H16N2O5S. The zero-order valence-corrected chi connectivity index (χ0v) is 14.7. The normalized spacial score (nSPS) is 13.4. The number of sulfonamides is 1. The van der Waals surface area contributed by atoms with Crippen LogP contribution in [0.4, 0.5) is 5.69 Å². The molecule has 0 aliphatic carbocycles. The fourth-order valence-electron chi connectivity index (χ4n) is 2.57. The van der Waals surface area contributed by atoms with E-state index in [1.54, 1.807) is 13.0 Å². The first kappa shape index (κ1) is 17.0. The van der Waals surface area contributed by atoms with E-state index in [2.05, 4.69) is 10.0 Å². The maximum Gasteiger partial charge on any atom is 0.265 e. The van der Waals surface area contributed by atoms with Crippen molar-refractivity contribution in [3.63, 3.8) is 0 Å². The van der Waals surface area contributed by atoms with Crippen LogP contribution in [-0.2, 0) is 10.0 Å². The summed E-state index contributed by atoms with van der Waals surface area (Å²) in [5.41, 5.74) is 2.25.